The van der Waals surface area contributed by atoms with Crippen LogP contribution in [-0.2, 0) is 9.53 Å². The molecule has 3 saturated heterocycles. The highest BCUT2D eigenvalue weighted by Crippen LogP contribution is 2.34. The molecular formula is C30H36N6O4. The van der Waals surface area contributed by atoms with Crippen LogP contribution < -0.4 is 10.2 Å². The van der Waals surface area contributed by atoms with Gasteiger partial charge in [-0.2, -0.15) is 0 Å². The van der Waals surface area contributed by atoms with E-state index in [4.69, 9.17) is 4.74 Å². The summed E-state index contributed by atoms with van der Waals surface area (Å²) >= 11 is 0. The second-order valence-electron chi connectivity index (χ2n) is 12.0. The van der Waals surface area contributed by atoms with Gasteiger partial charge in [0.1, 0.15) is 17.4 Å². The number of fused-ring (bicyclic) bond motifs is 3. The van der Waals surface area contributed by atoms with Gasteiger partial charge in [-0.15, -0.1) is 0 Å². The lowest BCUT2D eigenvalue weighted by Crippen LogP contribution is -2.59. The van der Waals surface area contributed by atoms with Crippen LogP contribution in [0.25, 0.3) is 10.9 Å². The highest BCUT2D eigenvalue weighted by Gasteiger charge is 2.50. The molecule has 210 valence electrons. The fourth-order valence-electron chi connectivity index (χ4n) is 6.11. The lowest BCUT2D eigenvalue weighted by Gasteiger charge is -2.39. The third kappa shape index (κ3) is 4.92. The molecule has 2 aromatic heterocycles. The molecule has 40 heavy (non-hydrogen) atoms. The number of hydrogen-bond donors (Lipinski definition) is 2. The number of H-pyrrole nitrogens is 1. The zero-order valence-electron chi connectivity index (χ0n) is 23.2. The Labute approximate surface area is 233 Å². The van der Waals surface area contributed by atoms with Gasteiger partial charge in [-0.3, -0.25) is 19.4 Å². The van der Waals surface area contributed by atoms with Crippen molar-refractivity contribution in [2.45, 2.75) is 45.3 Å². The monoisotopic (exact) mass is 544 g/mol. The Morgan fingerprint density at radius 1 is 1.02 bits per heavy atom. The van der Waals surface area contributed by atoms with Gasteiger partial charge in [0.15, 0.2) is 0 Å². The first kappa shape index (κ1) is 26.3. The number of aromatic amines is 1. The molecule has 0 unspecified atom stereocenters. The van der Waals surface area contributed by atoms with Gasteiger partial charge in [0.2, 0.25) is 5.91 Å². The summed E-state index contributed by atoms with van der Waals surface area (Å²) in [4.78, 5) is 54.0. The van der Waals surface area contributed by atoms with Crippen molar-refractivity contribution in [3.8, 4) is 0 Å². The van der Waals surface area contributed by atoms with Crippen LogP contribution >= 0.6 is 0 Å². The Morgan fingerprint density at radius 2 is 1.75 bits per heavy atom. The SMILES string of the molecule is CC(C)(C)[C@H](NC(=O)c1cc2ccccc2[nH]1)C(=O)N1C[C@@H]2C[C@H]1CN2C(=O)c1cc(N2CCOCC2)ccn1. The maximum Gasteiger partial charge on any atom is 0.272 e. The van der Waals surface area contributed by atoms with Crippen molar-refractivity contribution in [3.05, 3.63) is 60.0 Å². The van der Waals surface area contributed by atoms with Crippen LogP contribution in [0.3, 0.4) is 0 Å². The zero-order valence-corrected chi connectivity index (χ0v) is 23.2. The van der Waals surface area contributed by atoms with Crippen LogP contribution in [0.4, 0.5) is 5.69 Å². The molecule has 0 aliphatic carbocycles. The van der Waals surface area contributed by atoms with Gasteiger partial charge in [-0.05, 0) is 36.1 Å². The first-order valence-electron chi connectivity index (χ1n) is 14.0. The number of pyridine rings is 1. The molecule has 0 saturated carbocycles. The van der Waals surface area contributed by atoms with Crippen molar-refractivity contribution in [3.63, 3.8) is 0 Å². The Hall–Kier alpha value is -3.92. The number of morpholine rings is 1. The van der Waals surface area contributed by atoms with E-state index in [9.17, 15) is 14.4 Å². The standard InChI is InChI=1S/C30H36N6O4/c1-30(2,3)26(33-27(37)24-14-19-6-4-5-7-23(19)32-24)29(39)36-18-21-15-22(36)17-35(21)28(38)25-16-20(8-9-31-25)34-10-12-40-13-11-34/h4-9,14,16,21-22,26,32H,10-13,15,17-18H2,1-3H3,(H,33,37)/t21-,22-,26+/m0/s1. The predicted molar refractivity (Wildman–Crippen MR) is 151 cm³/mol. The molecule has 10 nitrogen and oxygen atoms in total. The summed E-state index contributed by atoms with van der Waals surface area (Å²) in [7, 11) is 0. The molecular weight excluding hydrogens is 508 g/mol. The number of likely N-dealkylation sites (tertiary alicyclic amines) is 2. The molecule has 2 N–H and O–H groups in total. The summed E-state index contributed by atoms with van der Waals surface area (Å²) in [6, 6.07) is 12.4. The van der Waals surface area contributed by atoms with E-state index in [0.717, 1.165) is 36.1 Å². The van der Waals surface area contributed by atoms with Gasteiger partial charge >= 0.3 is 0 Å². The summed E-state index contributed by atoms with van der Waals surface area (Å²) in [5, 5.41) is 3.94. The van der Waals surface area contributed by atoms with Gasteiger partial charge in [0, 0.05) is 49.0 Å². The number of amides is 3. The zero-order chi connectivity index (χ0) is 28.0. The van der Waals surface area contributed by atoms with Crippen LogP contribution in [0.2, 0.25) is 0 Å². The van der Waals surface area contributed by atoms with Crippen molar-refractivity contribution < 1.29 is 19.1 Å². The van der Waals surface area contributed by atoms with Crippen molar-refractivity contribution in [1.82, 2.24) is 25.1 Å². The van der Waals surface area contributed by atoms with E-state index in [1.165, 1.54) is 0 Å². The Kier molecular flexibility index (Phi) is 6.74. The molecule has 3 aromatic rings. The number of hydrogen-bond acceptors (Lipinski definition) is 6. The van der Waals surface area contributed by atoms with Gasteiger partial charge in [0.05, 0.1) is 25.3 Å². The number of rotatable bonds is 5. The minimum atomic E-state index is -0.707. The minimum absolute atomic E-state index is 0.0691. The van der Waals surface area contributed by atoms with E-state index in [-0.39, 0.29) is 29.8 Å². The summed E-state index contributed by atoms with van der Waals surface area (Å²) in [5.41, 5.74) is 2.20. The molecule has 6 rings (SSSR count). The number of benzene rings is 1. The van der Waals surface area contributed by atoms with Gasteiger partial charge in [-0.25, -0.2) is 0 Å². The van der Waals surface area contributed by atoms with Crippen LogP contribution in [0, 0.1) is 5.41 Å². The first-order valence-corrected chi connectivity index (χ1v) is 14.0. The lowest BCUT2D eigenvalue weighted by atomic mass is 9.85. The van der Waals surface area contributed by atoms with Crippen molar-refractivity contribution >= 4 is 34.3 Å². The third-order valence-electron chi connectivity index (χ3n) is 8.29. The highest BCUT2D eigenvalue weighted by atomic mass is 16.5. The number of carbonyl (C=O) groups excluding carboxylic acids is 3. The van der Waals surface area contributed by atoms with E-state index in [1.54, 1.807) is 12.3 Å². The normalized spacial score (nSPS) is 21.6. The largest absolute Gasteiger partial charge is 0.378 e. The van der Waals surface area contributed by atoms with E-state index < -0.39 is 11.5 Å². The van der Waals surface area contributed by atoms with Gasteiger partial charge in [0.25, 0.3) is 11.8 Å². The summed E-state index contributed by atoms with van der Waals surface area (Å²) in [5.74, 6) is -0.518. The van der Waals surface area contributed by atoms with Crippen LogP contribution in [0.15, 0.2) is 48.7 Å². The number of piperazine rings is 1. The maximum absolute atomic E-state index is 13.9. The number of anilines is 1. The van der Waals surface area contributed by atoms with Crippen molar-refractivity contribution in [1.29, 1.82) is 0 Å². The predicted octanol–water partition coefficient (Wildman–Crippen LogP) is 2.67. The minimum Gasteiger partial charge on any atom is -0.378 e. The molecule has 3 atom stereocenters. The van der Waals surface area contributed by atoms with E-state index in [2.05, 4.69) is 20.2 Å². The smallest absolute Gasteiger partial charge is 0.272 e. The topological polar surface area (TPSA) is 111 Å². The van der Waals surface area contributed by atoms with E-state index in [0.29, 0.717) is 37.7 Å². The molecule has 3 amide bonds. The molecule has 3 fully saturated rings. The summed E-state index contributed by atoms with van der Waals surface area (Å²) in [6.07, 6.45) is 2.42. The number of nitrogens with one attached hydrogen (secondary N) is 2. The molecule has 0 radical (unpaired) electrons. The molecule has 0 spiro atoms. The Balaban J connectivity index is 1.13. The Morgan fingerprint density at radius 3 is 2.45 bits per heavy atom. The summed E-state index contributed by atoms with van der Waals surface area (Å²) < 4.78 is 5.45. The third-order valence-corrected chi connectivity index (χ3v) is 8.29. The second kappa shape index (κ2) is 10.2. The number of para-hydroxylation sites is 1. The fourth-order valence-corrected chi connectivity index (χ4v) is 6.11. The molecule has 3 aliphatic heterocycles. The van der Waals surface area contributed by atoms with Gasteiger partial charge < -0.3 is 29.7 Å². The maximum atomic E-state index is 13.9. The second-order valence-corrected chi connectivity index (χ2v) is 12.0. The fraction of sp³-hybridized carbons (Fsp3) is 0.467. The van der Waals surface area contributed by atoms with Crippen molar-refractivity contribution in [2.75, 3.05) is 44.3 Å². The number of aromatic nitrogens is 2. The van der Waals surface area contributed by atoms with Crippen molar-refractivity contribution in [2.24, 2.45) is 5.41 Å². The average Bonchev–Trinajstić information content (AvgIpc) is 3.69. The van der Waals surface area contributed by atoms with Crippen LogP contribution in [-0.4, -0.2) is 95.0 Å². The molecule has 2 bridgehead atoms. The molecule has 1 aromatic carbocycles. The summed E-state index contributed by atoms with van der Waals surface area (Å²) in [6.45, 7) is 9.70. The van der Waals surface area contributed by atoms with Gasteiger partial charge in [-0.1, -0.05) is 39.0 Å². The molecule has 10 heteroatoms. The van der Waals surface area contributed by atoms with E-state index in [1.807, 2.05) is 67.0 Å². The number of carbonyl (C=O) groups is 3. The number of ether oxygens (including phenoxy) is 1. The quantitative estimate of drug-likeness (QED) is 0.511. The molecule has 3 aliphatic rings. The van der Waals surface area contributed by atoms with Crippen LogP contribution in [0.5, 0.6) is 0 Å². The van der Waals surface area contributed by atoms with E-state index >= 15 is 0 Å². The number of nitrogens with zero attached hydrogens (tertiary/aromatic N) is 4. The average molecular weight is 545 g/mol. The Bertz CT molecular complexity index is 1410. The highest BCUT2D eigenvalue weighted by molar-refractivity contribution is 6.00. The van der Waals surface area contributed by atoms with Crippen LogP contribution in [0.1, 0.15) is 48.2 Å². The molecule has 5 heterocycles. The first-order chi connectivity index (χ1) is 19.2. The lowest BCUT2D eigenvalue weighted by molar-refractivity contribution is -0.138.